The summed E-state index contributed by atoms with van der Waals surface area (Å²) in [7, 11) is 0. The van der Waals surface area contributed by atoms with Crippen LogP contribution < -0.4 is 10.6 Å². The zero-order chi connectivity index (χ0) is 22.9. The molecular formula is C25H26N2O5. The number of rotatable bonds is 9. The molecule has 0 saturated carbocycles. The average molecular weight is 434 g/mol. The zero-order valence-electron chi connectivity index (χ0n) is 17.9. The molecule has 0 fully saturated rings. The molecule has 0 heterocycles. The quantitative estimate of drug-likeness (QED) is 0.415. The number of carbonyl (C=O) groups is 3. The van der Waals surface area contributed by atoms with Gasteiger partial charge in [-0.3, -0.25) is 4.79 Å². The van der Waals surface area contributed by atoms with Crippen molar-refractivity contribution in [2.24, 2.45) is 0 Å². The summed E-state index contributed by atoms with van der Waals surface area (Å²) in [6.45, 7) is 2.07. The van der Waals surface area contributed by atoms with Crippen LogP contribution in [0.2, 0.25) is 0 Å². The second kappa shape index (κ2) is 11.0. The van der Waals surface area contributed by atoms with Gasteiger partial charge in [0.1, 0.15) is 12.6 Å². The minimum absolute atomic E-state index is 0.0156. The SMILES string of the molecule is CC#CCC(NC(=O)CCCNC(=O)OCC1c2ccccc2-c2ccccc21)C(=O)O. The number of hydrogen-bond acceptors (Lipinski definition) is 4. The Labute approximate surface area is 187 Å². The number of carboxylic acid groups (broad SMARTS) is 1. The first-order chi connectivity index (χ1) is 15.5. The van der Waals surface area contributed by atoms with Crippen LogP contribution in [0.4, 0.5) is 4.79 Å². The van der Waals surface area contributed by atoms with Gasteiger partial charge in [-0.25, -0.2) is 9.59 Å². The summed E-state index contributed by atoms with van der Waals surface area (Å²) in [5.41, 5.74) is 4.60. The van der Waals surface area contributed by atoms with Gasteiger partial charge >= 0.3 is 12.1 Å². The Morgan fingerprint density at radius 2 is 1.69 bits per heavy atom. The zero-order valence-corrected chi connectivity index (χ0v) is 17.9. The van der Waals surface area contributed by atoms with Gasteiger partial charge in [-0.05, 0) is 35.6 Å². The number of carboxylic acids is 1. The van der Waals surface area contributed by atoms with Crippen LogP contribution in [0.15, 0.2) is 48.5 Å². The van der Waals surface area contributed by atoms with Gasteiger partial charge in [-0.15, -0.1) is 11.8 Å². The summed E-state index contributed by atoms with van der Waals surface area (Å²) in [6, 6.07) is 15.2. The van der Waals surface area contributed by atoms with E-state index in [4.69, 9.17) is 9.84 Å². The van der Waals surface area contributed by atoms with E-state index in [9.17, 15) is 14.4 Å². The summed E-state index contributed by atoms with van der Waals surface area (Å²) < 4.78 is 5.44. The number of ether oxygens (including phenoxy) is 1. The van der Waals surface area contributed by atoms with Crippen molar-refractivity contribution >= 4 is 18.0 Å². The molecular weight excluding hydrogens is 408 g/mol. The van der Waals surface area contributed by atoms with Crippen molar-refractivity contribution in [3.8, 4) is 23.0 Å². The van der Waals surface area contributed by atoms with E-state index in [1.165, 1.54) is 0 Å². The van der Waals surface area contributed by atoms with Crippen molar-refractivity contribution in [2.45, 2.75) is 38.1 Å². The normalized spacial score (nSPS) is 12.5. The van der Waals surface area contributed by atoms with Gasteiger partial charge < -0.3 is 20.5 Å². The van der Waals surface area contributed by atoms with Crippen LogP contribution in [-0.2, 0) is 14.3 Å². The molecule has 1 atom stereocenters. The maximum Gasteiger partial charge on any atom is 0.407 e. The third-order valence-corrected chi connectivity index (χ3v) is 5.31. The lowest BCUT2D eigenvalue weighted by Crippen LogP contribution is -2.40. The van der Waals surface area contributed by atoms with Gasteiger partial charge in [-0.2, -0.15) is 0 Å². The number of carbonyl (C=O) groups excluding carboxylic acids is 2. The Bertz CT molecular complexity index is 1010. The summed E-state index contributed by atoms with van der Waals surface area (Å²) in [6.07, 6.45) is -0.0430. The van der Waals surface area contributed by atoms with E-state index in [1.807, 2.05) is 24.3 Å². The van der Waals surface area contributed by atoms with Crippen molar-refractivity contribution < 1.29 is 24.2 Å². The molecule has 1 unspecified atom stereocenters. The fraction of sp³-hybridized carbons (Fsp3) is 0.320. The van der Waals surface area contributed by atoms with Gasteiger partial charge in [0.25, 0.3) is 0 Å². The Balaban J connectivity index is 1.42. The highest BCUT2D eigenvalue weighted by Gasteiger charge is 2.29. The van der Waals surface area contributed by atoms with Gasteiger partial charge in [0.05, 0.1) is 0 Å². The number of alkyl carbamates (subject to hydrolysis) is 1. The van der Waals surface area contributed by atoms with Crippen molar-refractivity contribution in [3.63, 3.8) is 0 Å². The van der Waals surface area contributed by atoms with E-state index in [0.29, 0.717) is 6.42 Å². The predicted octanol–water partition coefficient (Wildman–Crippen LogP) is 3.29. The van der Waals surface area contributed by atoms with Crippen LogP contribution in [0.25, 0.3) is 11.1 Å². The molecule has 0 spiro atoms. The third-order valence-electron chi connectivity index (χ3n) is 5.31. The summed E-state index contributed by atoms with van der Waals surface area (Å²) >= 11 is 0. The number of hydrogen-bond donors (Lipinski definition) is 3. The third kappa shape index (κ3) is 5.67. The smallest absolute Gasteiger partial charge is 0.407 e. The number of aliphatic carboxylic acids is 1. The molecule has 0 bridgehead atoms. The van der Waals surface area contributed by atoms with Crippen molar-refractivity contribution in [2.75, 3.05) is 13.2 Å². The molecule has 166 valence electrons. The standard InChI is InChI=1S/C25H26N2O5/c1-2-3-13-22(24(29)30)27-23(28)14-8-15-26-25(31)32-16-21-19-11-6-4-9-17(19)18-10-5-7-12-20(18)21/h4-7,9-12,21-22H,8,13-16H2,1H3,(H,26,31)(H,27,28)(H,29,30). The maximum atomic E-state index is 12.1. The van der Waals surface area contributed by atoms with E-state index in [-0.39, 0.29) is 31.9 Å². The Hall–Kier alpha value is -3.79. The first-order valence-electron chi connectivity index (χ1n) is 10.5. The molecule has 0 aromatic heterocycles. The number of fused-ring (bicyclic) bond motifs is 3. The molecule has 7 nitrogen and oxygen atoms in total. The molecule has 7 heteroatoms. The van der Waals surface area contributed by atoms with Crippen LogP contribution >= 0.6 is 0 Å². The first kappa shape index (κ1) is 22.9. The van der Waals surface area contributed by atoms with Crippen LogP contribution in [0.1, 0.15) is 43.2 Å². The fourth-order valence-electron chi connectivity index (χ4n) is 3.76. The van der Waals surface area contributed by atoms with Crippen LogP contribution in [0, 0.1) is 11.8 Å². The fourth-order valence-corrected chi connectivity index (χ4v) is 3.76. The van der Waals surface area contributed by atoms with Crippen molar-refractivity contribution in [1.29, 1.82) is 0 Å². The van der Waals surface area contributed by atoms with E-state index in [0.717, 1.165) is 22.3 Å². The van der Waals surface area contributed by atoms with Crippen molar-refractivity contribution in [1.82, 2.24) is 10.6 Å². The molecule has 2 aromatic carbocycles. The molecule has 3 N–H and O–H groups in total. The first-order valence-corrected chi connectivity index (χ1v) is 10.5. The maximum absolute atomic E-state index is 12.1. The second-order valence-corrected chi connectivity index (χ2v) is 7.45. The van der Waals surface area contributed by atoms with Crippen LogP contribution in [0.3, 0.4) is 0 Å². The Kier molecular flexibility index (Phi) is 7.87. The lowest BCUT2D eigenvalue weighted by Gasteiger charge is -2.15. The molecule has 32 heavy (non-hydrogen) atoms. The molecule has 1 aliphatic carbocycles. The summed E-state index contributed by atoms with van der Waals surface area (Å²) in [5, 5.41) is 14.2. The molecule has 2 amide bonds. The number of amides is 2. The minimum atomic E-state index is -1.13. The number of benzene rings is 2. The summed E-state index contributed by atoms with van der Waals surface area (Å²) in [5.74, 6) is 3.71. The molecule has 0 saturated heterocycles. The van der Waals surface area contributed by atoms with E-state index >= 15 is 0 Å². The lowest BCUT2D eigenvalue weighted by atomic mass is 9.98. The Morgan fingerprint density at radius 1 is 1.06 bits per heavy atom. The molecule has 2 aromatic rings. The Morgan fingerprint density at radius 3 is 2.28 bits per heavy atom. The largest absolute Gasteiger partial charge is 0.480 e. The monoisotopic (exact) mass is 434 g/mol. The van der Waals surface area contributed by atoms with Crippen LogP contribution in [-0.4, -0.2) is 42.3 Å². The predicted molar refractivity (Wildman–Crippen MR) is 120 cm³/mol. The topological polar surface area (TPSA) is 105 Å². The van der Waals surface area contributed by atoms with Crippen LogP contribution in [0.5, 0.6) is 0 Å². The van der Waals surface area contributed by atoms with E-state index in [2.05, 4.69) is 46.7 Å². The average Bonchev–Trinajstić information content (AvgIpc) is 3.11. The molecule has 0 radical (unpaired) electrons. The van der Waals surface area contributed by atoms with E-state index in [1.54, 1.807) is 6.92 Å². The van der Waals surface area contributed by atoms with Gasteiger partial charge in [0.15, 0.2) is 0 Å². The molecule has 0 aliphatic heterocycles. The van der Waals surface area contributed by atoms with Gasteiger partial charge in [0, 0.05) is 25.3 Å². The van der Waals surface area contributed by atoms with Gasteiger partial charge in [-0.1, -0.05) is 48.5 Å². The highest BCUT2D eigenvalue weighted by atomic mass is 16.5. The lowest BCUT2D eigenvalue weighted by molar-refractivity contribution is -0.141. The van der Waals surface area contributed by atoms with Crippen molar-refractivity contribution in [3.05, 3.63) is 59.7 Å². The molecule has 3 rings (SSSR count). The number of nitrogens with one attached hydrogen (secondary N) is 2. The molecule has 1 aliphatic rings. The highest BCUT2D eigenvalue weighted by Crippen LogP contribution is 2.44. The minimum Gasteiger partial charge on any atom is -0.480 e. The second-order valence-electron chi connectivity index (χ2n) is 7.45. The highest BCUT2D eigenvalue weighted by molar-refractivity contribution is 5.83. The van der Waals surface area contributed by atoms with Gasteiger partial charge in [0.2, 0.25) is 5.91 Å². The summed E-state index contributed by atoms with van der Waals surface area (Å²) in [4.78, 5) is 35.2. The van der Waals surface area contributed by atoms with E-state index < -0.39 is 24.0 Å².